The maximum absolute atomic E-state index is 12.9. The summed E-state index contributed by atoms with van der Waals surface area (Å²) in [7, 11) is 0. The molecule has 3 nitrogen and oxygen atoms in total. The smallest absolute Gasteiger partial charge is 0.406 e. The first-order valence-electron chi connectivity index (χ1n) is 8.12. The molecular formula is C19H18F3NO2. The second-order valence-corrected chi connectivity index (χ2v) is 6.18. The highest BCUT2D eigenvalue weighted by atomic mass is 19.4. The van der Waals surface area contributed by atoms with Gasteiger partial charge in [-0.05, 0) is 42.7 Å². The van der Waals surface area contributed by atoms with E-state index in [0.717, 1.165) is 31.2 Å². The maximum Gasteiger partial charge on any atom is 0.573 e. The Morgan fingerprint density at radius 2 is 1.56 bits per heavy atom. The van der Waals surface area contributed by atoms with E-state index < -0.39 is 11.8 Å². The summed E-state index contributed by atoms with van der Waals surface area (Å²) in [4.78, 5) is 12.9. The molecule has 132 valence electrons. The van der Waals surface area contributed by atoms with Gasteiger partial charge >= 0.3 is 6.36 Å². The maximum atomic E-state index is 12.9. The normalized spacial score (nSPS) is 16.4. The largest absolute Gasteiger partial charge is 0.573 e. The summed E-state index contributed by atoms with van der Waals surface area (Å²) in [6.07, 6.45) is -1.26. The molecule has 0 bridgehead atoms. The molecule has 0 aliphatic heterocycles. The number of anilines is 1. The van der Waals surface area contributed by atoms with E-state index in [0.29, 0.717) is 5.69 Å². The Morgan fingerprint density at radius 3 is 2.12 bits per heavy atom. The highest BCUT2D eigenvalue weighted by Crippen LogP contribution is 2.42. The number of benzene rings is 2. The third-order valence-electron chi connectivity index (χ3n) is 4.56. The predicted octanol–water partition coefficient (Wildman–Crippen LogP) is 5.04. The zero-order valence-electron chi connectivity index (χ0n) is 13.5. The van der Waals surface area contributed by atoms with Gasteiger partial charge in [-0.3, -0.25) is 4.79 Å². The average Bonchev–Trinajstić information content (AvgIpc) is 3.07. The molecule has 0 radical (unpaired) electrons. The summed E-state index contributed by atoms with van der Waals surface area (Å²) < 4.78 is 40.4. The van der Waals surface area contributed by atoms with Gasteiger partial charge in [-0.1, -0.05) is 43.2 Å². The summed E-state index contributed by atoms with van der Waals surface area (Å²) in [6, 6.07) is 14.8. The van der Waals surface area contributed by atoms with Gasteiger partial charge in [-0.15, -0.1) is 13.2 Å². The Labute approximate surface area is 143 Å². The van der Waals surface area contributed by atoms with E-state index in [4.69, 9.17) is 0 Å². The minimum absolute atomic E-state index is 0.124. The van der Waals surface area contributed by atoms with Gasteiger partial charge < -0.3 is 10.1 Å². The second kappa shape index (κ2) is 6.78. The van der Waals surface area contributed by atoms with Crippen LogP contribution >= 0.6 is 0 Å². The molecule has 3 rings (SSSR count). The van der Waals surface area contributed by atoms with Gasteiger partial charge in [0.05, 0.1) is 5.41 Å². The monoisotopic (exact) mass is 349 g/mol. The van der Waals surface area contributed by atoms with Gasteiger partial charge in [-0.25, -0.2) is 0 Å². The number of nitrogens with one attached hydrogen (secondary N) is 1. The average molecular weight is 349 g/mol. The summed E-state index contributed by atoms with van der Waals surface area (Å²) in [6.45, 7) is 0. The van der Waals surface area contributed by atoms with Gasteiger partial charge in [0.2, 0.25) is 5.91 Å². The Balaban J connectivity index is 1.76. The number of alkyl halides is 3. The lowest BCUT2D eigenvalue weighted by Gasteiger charge is -2.28. The van der Waals surface area contributed by atoms with Crippen LogP contribution in [0.15, 0.2) is 54.6 Å². The van der Waals surface area contributed by atoms with Crippen molar-refractivity contribution in [1.29, 1.82) is 0 Å². The van der Waals surface area contributed by atoms with Crippen LogP contribution in [0.5, 0.6) is 5.75 Å². The van der Waals surface area contributed by atoms with E-state index in [2.05, 4.69) is 10.1 Å². The summed E-state index contributed by atoms with van der Waals surface area (Å²) in [5, 5.41) is 2.84. The fraction of sp³-hybridized carbons (Fsp3) is 0.316. The van der Waals surface area contributed by atoms with Gasteiger partial charge in [0.15, 0.2) is 0 Å². The van der Waals surface area contributed by atoms with Crippen LogP contribution in [0.3, 0.4) is 0 Å². The zero-order valence-corrected chi connectivity index (χ0v) is 13.5. The molecule has 2 aromatic carbocycles. The number of amides is 1. The predicted molar refractivity (Wildman–Crippen MR) is 88.3 cm³/mol. The van der Waals surface area contributed by atoms with Crippen LogP contribution in [-0.2, 0) is 10.2 Å². The van der Waals surface area contributed by atoms with Crippen molar-refractivity contribution < 1.29 is 22.7 Å². The molecule has 0 unspecified atom stereocenters. The molecule has 0 atom stereocenters. The van der Waals surface area contributed by atoms with E-state index in [1.54, 1.807) is 0 Å². The molecule has 0 aromatic heterocycles. The first-order valence-corrected chi connectivity index (χ1v) is 8.12. The summed E-state index contributed by atoms with van der Waals surface area (Å²) >= 11 is 0. The molecule has 1 N–H and O–H groups in total. The van der Waals surface area contributed by atoms with Crippen molar-refractivity contribution in [3.05, 3.63) is 60.2 Å². The fourth-order valence-electron chi connectivity index (χ4n) is 3.37. The van der Waals surface area contributed by atoms with Crippen LogP contribution in [0.1, 0.15) is 31.2 Å². The highest BCUT2D eigenvalue weighted by molar-refractivity contribution is 5.99. The van der Waals surface area contributed by atoms with Crippen molar-refractivity contribution in [1.82, 2.24) is 0 Å². The first kappa shape index (κ1) is 17.3. The van der Waals surface area contributed by atoms with Gasteiger partial charge in [0.1, 0.15) is 5.75 Å². The molecule has 1 amide bonds. The van der Waals surface area contributed by atoms with E-state index in [9.17, 15) is 18.0 Å². The van der Waals surface area contributed by atoms with Crippen molar-refractivity contribution in [2.24, 2.45) is 0 Å². The van der Waals surface area contributed by atoms with E-state index in [1.165, 1.54) is 24.3 Å². The molecule has 0 spiro atoms. The number of rotatable bonds is 4. The third kappa shape index (κ3) is 3.95. The summed E-state index contributed by atoms with van der Waals surface area (Å²) in [5.41, 5.74) is 0.839. The molecule has 25 heavy (non-hydrogen) atoms. The number of carbonyl (C=O) groups excluding carboxylic acids is 1. The molecule has 2 aromatic rings. The second-order valence-electron chi connectivity index (χ2n) is 6.18. The lowest BCUT2D eigenvalue weighted by atomic mass is 9.78. The fourth-order valence-corrected chi connectivity index (χ4v) is 3.37. The van der Waals surface area contributed by atoms with Crippen LogP contribution in [0.25, 0.3) is 0 Å². The van der Waals surface area contributed by atoms with Gasteiger partial charge in [0.25, 0.3) is 0 Å². The van der Waals surface area contributed by atoms with Crippen molar-refractivity contribution >= 4 is 11.6 Å². The van der Waals surface area contributed by atoms with Crippen LogP contribution in [-0.4, -0.2) is 12.3 Å². The van der Waals surface area contributed by atoms with Crippen molar-refractivity contribution in [3.8, 4) is 5.75 Å². The zero-order chi connectivity index (χ0) is 17.9. The lowest BCUT2D eigenvalue weighted by Crippen LogP contribution is -2.37. The summed E-state index contributed by atoms with van der Waals surface area (Å²) in [5.74, 6) is -0.440. The topological polar surface area (TPSA) is 38.3 Å². The quantitative estimate of drug-likeness (QED) is 0.840. The number of carbonyl (C=O) groups is 1. The minimum Gasteiger partial charge on any atom is -0.406 e. The van der Waals surface area contributed by atoms with Crippen LogP contribution < -0.4 is 10.1 Å². The van der Waals surface area contributed by atoms with Gasteiger partial charge in [-0.2, -0.15) is 0 Å². The Kier molecular flexibility index (Phi) is 4.70. The lowest BCUT2D eigenvalue weighted by molar-refractivity contribution is -0.274. The highest BCUT2D eigenvalue weighted by Gasteiger charge is 2.42. The van der Waals surface area contributed by atoms with Crippen molar-refractivity contribution in [2.45, 2.75) is 37.5 Å². The molecule has 1 fully saturated rings. The molecule has 1 aliphatic rings. The number of hydrogen-bond donors (Lipinski definition) is 1. The van der Waals surface area contributed by atoms with Crippen molar-refractivity contribution in [3.63, 3.8) is 0 Å². The Hall–Kier alpha value is -2.50. The number of hydrogen-bond acceptors (Lipinski definition) is 2. The van der Waals surface area contributed by atoms with E-state index in [-0.39, 0.29) is 11.7 Å². The molecule has 6 heteroatoms. The molecular weight excluding hydrogens is 331 g/mol. The van der Waals surface area contributed by atoms with Crippen molar-refractivity contribution in [2.75, 3.05) is 5.32 Å². The minimum atomic E-state index is -4.73. The standard InChI is InChI=1S/C19H18F3NO2/c20-19(21,22)25-16-10-8-15(9-11-16)23-17(24)18(12-4-5-13-18)14-6-2-1-3-7-14/h1-3,6-11H,4-5,12-13H2,(H,23,24). The molecule has 1 aliphatic carbocycles. The SMILES string of the molecule is O=C(Nc1ccc(OC(F)(F)F)cc1)C1(c2ccccc2)CCCC1. The van der Waals surface area contributed by atoms with Gasteiger partial charge in [0, 0.05) is 5.69 Å². The molecule has 0 saturated heterocycles. The Bertz CT molecular complexity index is 721. The Morgan fingerprint density at radius 1 is 0.960 bits per heavy atom. The van der Waals surface area contributed by atoms with Crippen LogP contribution in [0, 0.1) is 0 Å². The van der Waals surface area contributed by atoms with Crippen LogP contribution in [0.2, 0.25) is 0 Å². The van der Waals surface area contributed by atoms with E-state index >= 15 is 0 Å². The third-order valence-corrected chi connectivity index (χ3v) is 4.56. The van der Waals surface area contributed by atoms with E-state index in [1.807, 2.05) is 30.3 Å². The van der Waals surface area contributed by atoms with Crippen LogP contribution in [0.4, 0.5) is 18.9 Å². The number of ether oxygens (including phenoxy) is 1. The molecule has 1 saturated carbocycles. The molecule has 0 heterocycles. The first-order chi connectivity index (χ1) is 11.9. The number of halogens is 3.